The zero-order valence-corrected chi connectivity index (χ0v) is 17.0. The highest BCUT2D eigenvalue weighted by Gasteiger charge is 2.40. The molecule has 1 heterocycles. The first kappa shape index (κ1) is 21.4. The van der Waals surface area contributed by atoms with Crippen LogP contribution in [0.15, 0.2) is 57.4 Å². The second-order valence-electron chi connectivity index (χ2n) is 6.25. The molecule has 158 valence electrons. The van der Waals surface area contributed by atoms with Crippen molar-refractivity contribution < 1.29 is 26.6 Å². The lowest BCUT2D eigenvalue weighted by Crippen LogP contribution is -2.34. The monoisotopic (exact) mass is 453 g/mol. The average Bonchev–Trinajstić information content (AvgIpc) is 2.86. The lowest BCUT2D eigenvalue weighted by Gasteiger charge is -2.14. The summed E-state index contributed by atoms with van der Waals surface area (Å²) in [6.07, 6.45) is 0. The first-order valence-corrected chi connectivity index (χ1v) is 11.2. The number of benzene rings is 2. The third-order valence-corrected chi connectivity index (χ3v) is 6.84. The number of amides is 1. The van der Waals surface area contributed by atoms with Crippen LogP contribution < -0.4 is 10.6 Å². The molecule has 0 spiro atoms. The number of hydrogen-bond acceptors (Lipinski definition) is 9. The van der Waals surface area contributed by atoms with Crippen molar-refractivity contribution in [2.45, 2.75) is 16.7 Å². The van der Waals surface area contributed by atoms with Gasteiger partial charge in [-0.15, -0.1) is 0 Å². The van der Waals surface area contributed by atoms with Crippen LogP contribution in [0.2, 0.25) is 0 Å². The van der Waals surface area contributed by atoms with E-state index in [1.165, 1.54) is 25.1 Å². The Morgan fingerprint density at radius 2 is 1.93 bits per heavy atom. The van der Waals surface area contributed by atoms with Crippen LogP contribution >= 0.6 is 0 Å². The Hall–Kier alpha value is -3.36. The number of hydrogen-bond donors (Lipinski definition) is 2. The van der Waals surface area contributed by atoms with E-state index in [9.17, 15) is 31.7 Å². The fourth-order valence-electron chi connectivity index (χ4n) is 2.72. The summed E-state index contributed by atoms with van der Waals surface area (Å²) >= 11 is 0. The maximum absolute atomic E-state index is 12.6. The van der Waals surface area contributed by atoms with Crippen molar-refractivity contribution in [3.05, 3.63) is 58.1 Å². The van der Waals surface area contributed by atoms with Gasteiger partial charge in [0.05, 0.1) is 27.6 Å². The number of rotatable bonds is 6. The van der Waals surface area contributed by atoms with Crippen molar-refractivity contribution >= 4 is 43.0 Å². The van der Waals surface area contributed by atoms with E-state index < -0.39 is 41.5 Å². The Labute approximate surface area is 171 Å². The second-order valence-corrected chi connectivity index (χ2v) is 9.65. The zero-order chi connectivity index (χ0) is 22.3. The molecular weight excluding hydrogens is 438 g/mol. The molecule has 0 saturated heterocycles. The Morgan fingerprint density at radius 1 is 1.27 bits per heavy atom. The van der Waals surface area contributed by atoms with Crippen molar-refractivity contribution in [3.63, 3.8) is 0 Å². The predicted octanol–water partition coefficient (Wildman–Crippen LogP) is 0.875. The van der Waals surface area contributed by atoms with Gasteiger partial charge in [-0.1, -0.05) is 12.1 Å². The van der Waals surface area contributed by atoms with E-state index in [4.69, 9.17) is 5.14 Å². The first-order chi connectivity index (χ1) is 13.9. The lowest BCUT2D eigenvalue weighted by atomic mass is 10.2. The molecule has 14 heteroatoms. The van der Waals surface area contributed by atoms with Crippen molar-refractivity contribution in [2.24, 2.45) is 10.2 Å². The van der Waals surface area contributed by atoms with E-state index >= 15 is 0 Å². The third kappa shape index (κ3) is 3.87. The maximum atomic E-state index is 12.6. The molecule has 12 nitrogen and oxygen atoms in total. The number of nitro groups is 1. The van der Waals surface area contributed by atoms with Crippen LogP contribution in [-0.2, 0) is 20.0 Å². The van der Waals surface area contributed by atoms with Crippen molar-refractivity contribution in [2.75, 3.05) is 12.0 Å². The van der Waals surface area contributed by atoms with Gasteiger partial charge in [0.2, 0.25) is 10.0 Å². The lowest BCUT2D eigenvalue weighted by molar-refractivity contribution is -0.384. The van der Waals surface area contributed by atoms with Gasteiger partial charge in [0, 0.05) is 6.07 Å². The number of nitrogens with zero attached hydrogens (tertiary/aromatic N) is 3. The smallest absolute Gasteiger partial charge is 0.272 e. The van der Waals surface area contributed by atoms with E-state index in [-0.39, 0.29) is 28.4 Å². The third-order valence-electron chi connectivity index (χ3n) is 4.15. The number of hydrazone groups is 1. The fraction of sp³-hybridized carbons (Fsp3) is 0.125. The van der Waals surface area contributed by atoms with Crippen LogP contribution in [0.3, 0.4) is 0 Å². The highest BCUT2D eigenvalue weighted by atomic mass is 32.2. The predicted molar refractivity (Wildman–Crippen MR) is 106 cm³/mol. The Bertz CT molecular complexity index is 1300. The molecule has 2 aromatic rings. The molecule has 0 saturated carbocycles. The first-order valence-electron chi connectivity index (χ1n) is 8.19. The molecule has 1 aliphatic rings. The number of anilines is 1. The molecule has 3 N–H and O–H groups in total. The summed E-state index contributed by atoms with van der Waals surface area (Å²) < 4.78 is 48.5. The number of nitrogens with one attached hydrogen (secondary N) is 1. The van der Waals surface area contributed by atoms with E-state index in [2.05, 4.69) is 10.5 Å². The standard InChI is InChI=1S/C16H15N5O7S2/c1-10(9-20-16(22)12-4-2-3-5-15(12)30(20,27)28)18-19-13-7-6-11(29(17,25)26)8-14(13)21(23)24/h2-8,19H,9H2,1H3,(H2,17,25,26). The summed E-state index contributed by atoms with van der Waals surface area (Å²) in [7, 11) is -8.18. The van der Waals surface area contributed by atoms with Gasteiger partial charge in [-0.3, -0.25) is 20.3 Å². The molecule has 0 radical (unpaired) electrons. The quantitative estimate of drug-likeness (QED) is 0.367. The van der Waals surface area contributed by atoms with Crippen LogP contribution in [-0.4, -0.2) is 44.2 Å². The largest absolute Gasteiger partial charge is 0.295 e. The molecule has 0 atom stereocenters. The minimum Gasteiger partial charge on any atom is -0.272 e. The van der Waals surface area contributed by atoms with Crippen molar-refractivity contribution in [1.29, 1.82) is 0 Å². The molecule has 1 aliphatic heterocycles. The number of nitrogens with two attached hydrogens (primary N) is 1. The fourth-order valence-corrected chi connectivity index (χ4v) is 4.85. The Kier molecular flexibility index (Phi) is 5.32. The van der Waals surface area contributed by atoms with Crippen LogP contribution in [0.1, 0.15) is 17.3 Å². The van der Waals surface area contributed by atoms with E-state index in [0.717, 1.165) is 18.2 Å². The number of fused-ring (bicyclic) bond motifs is 1. The minimum atomic E-state index is -4.15. The van der Waals surface area contributed by atoms with Gasteiger partial charge in [-0.05, 0) is 31.2 Å². The Morgan fingerprint density at radius 3 is 2.53 bits per heavy atom. The number of sulfonamides is 2. The van der Waals surface area contributed by atoms with Gasteiger partial charge in [0.25, 0.3) is 21.6 Å². The van der Waals surface area contributed by atoms with Gasteiger partial charge in [0.15, 0.2) is 0 Å². The average molecular weight is 453 g/mol. The van der Waals surface area contributed by atoms with Crippen LogP contribution in [0.25, 0.3) is 0 Å². The van der Waals surface area contributed by atoms with E-state index in [0.29, 0.717) is 4.31 Å². The molecule has 2 aromatic carbocycles. The summed E-state index contributed by atoms with van der Waals surface area (Å²) in [6, 6.07) is 8.69. The van der Waals surface area contributed by atoms with E-state index in [1.54, 1.807) is 6.07 Å². The summed E-state index contributed by atoms with van der Waals surface area (Å²) in [6.45, 7) is 1.04. The minimum absolute atomic E-state index is 0.0486. The SMILES string of the molecule is CC(CN1C(=O)c2ccccc2S1(=O)=O)=NNc1ccc(S(N)(=O)=O)cc1[N+](=O)[O-]. The molecule has 30 heavy (non-hydrogen) atoms. The molecule has 0 aromatic heterocycles. The topological polar surface area (TPSA) is 182 Å². The van der Waals surface area contributed by atoms with Gasteiger partial charge in [-0.25, -0.2) is 26.3 Å². The number of nitro benzene ring substituents is 1. The normalized spacial score (nSPS) is 15.7. The molecule has 1 amide bonds. The zero-order valence-electron chi connectivity index (χ0n) is 15.3. The summed E-state index contributed by atoms with van der Waals surface area (Å²) in [5, 5.41) is 20.1. The molecule has 0 bridgehead atoms. The maximum Gasteiger partial charge on any atom is 0.295 e. The highest BCUT2D eigenvalue weighted by molar-refractivity contribution is 7.90. The number of primary sulfonamides is 1. The molecule has 0 aliphatic carbocycles. The molecule has 0 fully saturated rings. The van der Waals surface area contributed by atoms with Gasteiger partial charge < -0.3 is 0 Å². The van der Waals surface area contributed by atoms with Crippen molar-refractivity contribution in [1.82, 2.24) is 4.31 Å². The second kappa shape index (κ2) is 7.47. The summed E-state index contributed by atoms with van der Waals surface area (Å²) in [5.41, 5.74) is 1.82. The number of carbonyl (C=O) groups excluding carboxylic acids is 1. The Balaban J connectivity index is 1.85. The number of carbonyl (C=O) groups is 1. The molecule has 3 rings (SSSR count). The van der Waals surface area contributed by atoms with Crippen LogP contribution in [0.5, 0.6) is 0 Å². The van der Waals surface area contributed by atoms with Gasteiger partial charge >= 0.3 is 0 Å². The molecule has 0 unspecified atom stereocenters. The van der Waals surface area contributed by atoms with Gasteiger partial charge in [0.1, 0.15) is 10.6 Å². The van der Waals surface area contributed by atoms with Crippen LogP contribution in [0.4, 0.5) is 11.4 Å². The highest BCUT2D eigenvalue weighted by Crippen LogP contribution is 2.30. The molecular formula is C16H15N5O7S2. The summed E-state index contributed by atoms with van der Waals surface area (Å²) in [5.74, 6) is -0.705. The van der Waals surface area contributed by atoms with Crippen LogP contribution in [0, 0.1) is 10.1 Å². The van der Waals surface area contributed by atoms with Gasteiger partial charge in [-0.2, -0.15) is 5.10 Å². The van der Waals surface area contributed by atoms with E-state index in [1.807, 2.05) is 0 Å². The summed E-state index contributed by atoms with van der Waals surface area (Å²) in [4.78, 5) is 22.3. The van der Waals surface area contributed by atoms with Crippen molar-refractivity contribution in [3.8, 4) is 0 Å².